The zero-order chi connectivity index (χ0) is 24.4. The van der Waals surface area contributed by atoms with Gasteiger partial charge in [-0.3, -0.25) is 9.36 Å². The predicted molar refractivity (Wildman–Crippen MR) is 139 cm³/mol. The zero-order valence-corrected chi connectivity index (χ0v) is 20.8. The van der Waals surface area contributed by atoms with Gasteiger partial charge in [0.1, 0.15) is 12.4 Å². The third kappa shape index (κ3) is 5.48. The molecule has 0 unspecified atom stereocenters. The summed E-state index contributed by atoms with van der Waals surface area (Å²) in [5.41, 5.74) is 1.68. The van der Waals surface area contributed by atoms with E-state index >= 15 is 0 Å². The lowest BCUT2D eigenvalue weighted by molar-refractivity contribution is -0.135. The van der Waals surface area contributed by atoms with E-state index in [-0.39, 0.29) is 6.54 Å². The highest BCUT2D eigenvalue weighted by Gasteiger charge is 2.16. The lowest BCUT2D eigenvalue weighted by atomic mass is 10.2. The Kier molecular flexibility index (Phi) is 7.01. The molecule has 1 fully saturated rings. The van der Waals surface area contributed by atoms with Crippen molar-refractivity contribution in [2.24, 2.45) is 0 Å². The first-order chi connectivity index (χ1) is 17.0. The third-order valence-electron chi connectivity index (χ3n) is 5.50. The number of fused-ring (bicyclic) bond motifs is 1. The number of carbonyl (C=O) groups is 1. The molecule has 1 aliphatic rings. The first-order valence-electron chi connectivity index (χ1n) is 10.9. The lowest BCUT2D eigenvalue weighted by Crippen LogP contribution is -2.36. The maximum Gasteiger partial charge on any atom is 0.324 e. The Hall–Kier alpha value is -2.98. The molecule has 0 amide bonds. The highest BCUT2D eigenvalue weighted by Crippen LogP contribution is 2.34. The number of benzene rings is 2. The summed E-state index contributed by atoms with van der Waals surface area (Å²) in [5, 5.41) is 11.4. The van der Waals surface area contributed by atoms with Gasteiger partial charge in [0.15, 0.2) is 5.82 Å². The second-order valence-corrected chi connectivity index (χ2v) is 9.86. The minimum atomic E-state index is -0.945. The van der Waals surface area contributed by atoms with Crippen molar-refractivity contribution in [3.63, 3.8) is 0 Å². The van der Waals surface area contributed by atoms with Crippen molar-refractivity contribution in [2.75, 3.05) is 42.1 Å². The smallest absolute Gasteiger partial charge is 0.324 e. The van der Waals surface area contributed by atoms with Gasteiger partial charge in [0.25, 0.3) is 0 Å². The van der Waals surface area contributed by atoms with Crippen molar-refractivity contribution in [2.45, 2.75) is 4.90 Å². The van der Waals surface area contributed by atoms with Crippen LogP contribution in [0, 0.1) is 0 Å². The molecule has 8 nitrogen and oxygen atoms in total. The standard InChI is InChI=1S/C24H21Cl2N5O3S/c25-17-10-18(26)12-20(11-17)35-31(15-24(32)33)19-1-2-21-16(9-19)3-4-30(21)23-14-27-22(13-28-23)29-5-7-34-8-6-29/h1-4,9-14H,5-8,15H2,(H,32,33). The molecule has 180 valence electrons. The highest BCUT2D eigenvalue weighted by molar-refractivity contribution is 8.00. The molecule has 11 heteroatoms. The molecule has 0 spiro atoms. The molecule has 1 N–H and O–H groups in total. The first kappa shape index (κ1) is 23.7. The summed E-state index contributed by atoms with van der Waals surface area (Å²) in [6, 6.07) is 12.9. The Bertz CT molecular complexity index is 1340. The van der Waals surface area contributed by atoms with Crippen LogP contribution in [0.2, 0.25) is 10.0 Å². The van der Waals surface area contributed by atoms with Gasteiger partial charge >= 0.3 is 5.97 Å². The van der Waals surface area contributed by atoms with E-state index in [9.17, 15) is 9.90 Å². The fourth-order valence-electron chi connectivity index (χ4n) is 3.89. The van der Waals surface area contributed by atoms with Crippen LogP contribution in [0.4, 0.5) is 11.5 Å². The summed E-state index contributed by atoms with van der Waals surface area (Å²) in [6.07, 6.45) is 5.47. The van der Waals surface area contributed by atoms with Crippen LogP contribution in [0.3, 0.4) is 0 Å². The SMILES string of the molecule is O=C(O)CN(Sc1cc(Cl)cc(Cl)c1)c1ccc2c(ccn2-c2cnc(N3CCOCC3)cn2)c1. The number of nitrogens with zero attached hydrogens (tertiary/aromatic N) is 5. The second-order valence-electron chi connectivity index (χ2n) is 7.89. The van der Waals surface area contributed by atoms with Crippen molar-refractivity contribution >= 4 is 63.5 Å². The van der Waals surface area contributed by atoms with Gasteiger partial charge in [-0.15, -0.1) is 0 Å². The average Bonchev–Trinajstić information content (AvgIpc) is 3.27. The summed E-state index contributed by atoms with van der Waals surface area (Å²) in [4.78, 5) is 23.7. The van der Waals surface area contributed by atoms with Gasteiger partial charge in [0.2, 0.25) is 0 Å². The zero-order valence-electron chi connectivity index (χ0n) is 18.5. The van der Waals surface area contributed by atoms with Gasteiger partial charge in [-0.25, -0.2) is 9.97 Å². The number of aromatic nitrogens is 3. The van der Waals surface area contributed by atoms with Crippen LogP contribution in [-0.2, 0) is 9.53 Å². The van der Waals surface area contributed by atoms with E-state index in [1.807, 2.05) is 35.0 Å². The third-order valence-corrected chi connectivity index (χ3v) is 6.94. The number of morpholine rings is 1. The lowest BCUT2D eigenvalue weighted by Gasteiger charge is -2.27. The normalized spacial score (nSPS) is 13.8. The molecular formula is C24H21Cl2N5O3S. The van der Waals surface area contributed by atoms with E-state index in [1.165, 1.54) is 11.9 Å². The molecule has 2 aromatic carbocycles. The van der Waals surface area contributed by atoms with Gasteiger partial charge in [-0.05, 0) is 54.4 Å². The number of aliphatic carboxylic acids is 1. The monoisotopic (exact) mass is 529 g/mol. The maximum absolute atomic E-state index is 11.6. The molecule has 0 radical (unpaired) electrons. The van der Waals surface area contributed by atoms with E-state index in [0.29, 0.717) is 29.1 Å². The van der Waals surface area contributed by atoms with Crippen LogP contribution in [0.15, 0.2) is 66.0 Å². The van der Waals surface area contributed by atoms with Crippen LogP contribution in [-0.4, -0.2) is 58.5 Å². The molecule has 0 saturated carbocycles. The van der Waals surface area contributed by atoms with Crippen molar-refractivity contribution in [1.82, 2.24) is 14.5 Å². The van der Waals surface area contributed by atoms with E-state index in [1.54, 1.807) is 34.9 Å². The summed E-state index contributed by atoms with van der Waals surface area (Å²) in [5.74, 6) is 0.590. The van der Waals surface area contributed by atoms with Gasteiger partial charge < -0.3 is 19.0 Å². The molecule has 35 heavy (non-hydrogen) atoms. The molecule has 3 heterocycles. The van der Waals surface area contributed by atoms with E-state index in [2.05, 4.69) is 14.9 Å². The highest BCUT2D eigenvalue weighted by atomic mass is 35.5. The molecule has 0 atom stereocenters. The van der Waals surface area contributed by atoms with Gasteiger partial charge in [-0.2, -0.15) is 0 Å². The minimum absolute atomic E-state index is 0.199. The van der Waals surface area contributed by atoms with Gasteiger partial charge in [-0.1, -0.05) is 23.2 Å². The van der Waals surface area contributed by atoms with Crippen LogP contribution < -0.4 is 9.21 Å². The quantitative estimate of drug-likeness (QED) is 0.328. The maximum atomic E-state index is 11.6. The number of carboxylic acids is 1. The Morgan fingerprint density at radius 3 is 2.43 bits per heavy atom. The van der Waals surface area contributed by atoms with E-state index in [0.717, 1.165) is 40.4 Å². The molecule has 0 aliphatic carbocycles. The van der Waals surface area contributed by atoms with Gasteiger partial charge in [0.05, 0.1) is 31.1 Å². The predicted octanol–water partition coefficient (Wildman–Crippen LogP) is 5.16. The molecule has 1 saturated heterocycles. The largest absolute Gasteiger partial charge is 0.480 e. The number of halogens is 2. The molecular weight excluding hydrogens is 509 g/mol. The van der Waals surface area contributed by atoms with Crippen LogP contribution in [0.25, 0.3) is 16.7 Å². The Labute approximate surface area is 216 Å². The Morgan fingerprint density at radius 1 is 1.03 bits per heavy atom. The number of ether oxygens (including phenoxy) is 1. The fraction of sp³-hybridized carbons (Fsp3) is 0.208. The molecule has 5 rings (SSSR count). The van der Waals surface area contributed by atoms with Crippen LogP contribution in [0.5, 0.6) is 0 Å². The van der Waals surface area contributed by atoms with E-state index < -0.39 is 5.97 Å². The summed E-state index contributed by atoms with van der Waals surface area (Å²) >= 11 is 13.5. The topological polar surface area (TPSA) is 83.7 Å². The van der Waals surface area contributed by atoms with Crippen molar-refractivity contribution in [1.29, 1.82) is 0 Å². The van der Waals surface area contributed by atoms with Crippen LogP contribution >= 0.6 is 35.1 Å². The minimum Gasteiger partial charge on any atom is -0.480 e. The second kappa shape index (κ2) is 10.3. The summed E-state index contributed by atoms with van der Waals surface area (Å²) in [6.45, 7) is 2.78. The number of rotatable bonds is 7. The van der Waals surface area contributed by atoms with Crippen molar-refractivity contribution in [3.8, 4) is 5.82 Å². The van der Waals surface area contributed by atoms with E-state index in [4.69, 9.17) is 27.9 Å². The first-order valence-corrected chi connectivity index (χ1v) is 12.4. The number of hydrogen-bond acceptors (Lipinski definition) is 7. The molecule has 1 aliphatic heterocycles. The number of hydrogen-bond donors (Lipinski definition) is 1. The van der Waals surface area contributed by atoms with Crippen molar-refractivity contribution < 1.29 is 14.6 Å². The Balaban J connectivity index is 1.41. The average molecular weight is 530 g/mol. The summed E-state index contributed by atoms with van der Waals surface area (Å²) in [7, 11) is 0. The Morgan fingerprint density at radius 2 is 1.74 bits per heavy atom. The molecule has 0 bridgehead atoms. The molecule has 2 aromatic heterocycles. The fourth-order valence-corrected chi connectivity index (χ4v) is 5.55. The number of carboxylic acid groups (broad SMARTS) is 1. The summed E-state index contributed by atoms with van der Waals surface area (Å²) < 4.78 is 9.05. The van der Waals surface area contributed by atoms with Gasteiger partial charge in [0, 0.05) is 45.3 Å². The van der Waals surface area contributed by atoms with Crippen molar-refractivity contribution in [3.05, 3.63) is 71.1 Å². The molecule has 4 aromatic rings. The van der Waals surface area contributed by atoms with Crippen LogP contribution in [0.1, 0.15) is 0 Å². The number of anilines is 2.